The average Bonchev–Trinajstić information content (AvgIpc) is 2.51. The summed E-state index contributed by atoms with van der Waals surface area (Å²) in [6.07, 6.45) is 1.12. The molecule has 0 aromatic heterocycles. The highest BCUT2D eigenvalue weighted by molar-refractivity contribution is 7.53. The lowest BCUT2D eigenvalue weighted by Crippen LogP contribution is -2.06. The van der Waals surface area contributed by atoms with Gasteiger partial charge in [-0.2, -0.15) is 0 Å². The SMILES string of the molecule is CCOP(=O)(CC)OCOCCCOCc1ccccc1. The molecular weight excluding hydrogens is 291 g/mol. The molecule has 0 fully saturated rings. The van der Waals surface area contributed by atoms with E-state index in [1.54, 1.807) is 13.8 Å². The summed E-state index contributed by atoms with van der Waals surface area (Å²) in [6.45, 7) is 5.65. The first kappa shape index (κ1) is 18.3. The average molecular weight is 316 g/mol. The smallest absolute Gasteiger partial charge is 0.332 e. The molecular formula is C15H25O5P. The Bertz CT molecular complexity index is 410. The Hall–Kier alpha value is -0.710. The molecule has 0 aliphatic rings. The van der Waals surface area contributed by atoms with Crippen molar-refractivity contribution in [1.82, 2.24) is 0 Å². The highest BCUT2D eigenvalue weighted by atomic mass is 31.2. The maximum absolute atomic E-state index is 11.9. The van der Waals surface area contributed by atoms with Crippen LogP contribution in [0.15, 0.2) is 30.3 Å². The van der Waals surface area contributed by atoms with E-state index in [1.165, 1.54) is 0 Å². The molecule has 1 aromatic carbocycles. The Morgan fingerprint density at radius 2 is 1.71 bits per heavy atom. The molecule has 21 heavy (non-hydrogen) atoms. The van der Waals surface area contributed by atoms with Gasteiger partial charge < -0.3 is 14.0 Å². The maximum Gasteiger partial charge on any atom is 0.332 e. The summed E-state index contributed by atoms with van der Waals surface area (Å²) in [5, 5.41) is 0. The summed E-state index contributed by atoms with van der Waals surface area (Å²) >= 11 is 0. The number of ether oxygens (including phenoxy) is 2. The third kappa shape index (κ3) is 8.34. The molecule has 0 saturated heterocycles. The van der Waals surface area contributed by atoms with Crippen molar-refractivity contribution in [3.8, 4) is 0 Å². The first-order valence-electron chi connectivity index (χ1n) is 7.27. The number of rotatable bonds is 12. The van der Waals surface area contributed by atoms with Gasteiger partial charge in [0.25, 0.3) is 0 Å². The lowest BCUT2D eigenvalue weighted by molar-refractivity contribution is -0.00516. The summed E-state index contributed by atoms with van der Waals surface area (Å²) in [7, 11) is -2.96. The Morgan fingerprint density at radius 3 is 2.38 bits per heavy atom. The van der Waals surface area contributed by atoms with Gasteiger partial charge in [0.15, 0.2) is 6.79 Å². The van der Waals surface area contributed by atoms with Gasteiger partial charge in [-0.05, 0) is 18.9 Å². The van der Waals surface area contributed by atoms with E-state index in [1.807, 2.05) is 30.3 Å². The molecule has 0 amide bonds. The van der Waals surface area contributed by atoms with Crippen LogP contribution < -0.4 is 0 Å². The van der Waals surface area contributed by atoms with Crippen molar-refractivity contribution < 1.29 is 23.1 Å². The second kappa shape index (κ2) is 10.9. The van der Waals surface area contributed by atoms with Crippen LogP contribution in [-0.4, -0.2) is 32.8 Å². The lowest BCUT2D eigenvalue weighted by atomic mass is 10.2. The van der Waals surface area contributed by atoms with Crippen molar-refractivity contribution in [2.75, 3.05) is 32.8 Å². The lowest BCUT2D eigenvalue weighted by Gasteiger charge is -2.15. The number of hydrogen-bond donors (Lipinski definition) is 0. The van der Waals surface area contributed by atoms with Crippen LogP contribution in [-0.2, 0) is 29.7 Å². The van der Waals surface area contributed by atoms with Crippen LogP contribution in [0, 0.1) is 0 Å². The van der Waals surface area contributed by atoms with Crippen LogP contribution >= 0.6 is 7.60 Å². The van der Waals surface area contributed by atoms with Crippen molar-refractivity contribution in [3.63, 3.8) is 0 Å². The van der Waals surface area contributed by atoms with E-state index >= 15 is 0 Å². The Kier molecular flexibility index (Phi) is 9.55. The quantitative estimate of drug-likeness (QED) is 0.333. The molecule has 1 atom stereocenters. The van der Waals surface area contributed by atoms with Crippen LogP contribution in [0.1, 0.15) is 25.8 Å². The fourth-order valence-electron chi connectivity index (χ4n) is 1.62. The van der Waals surface area contributed by atoms with Crippen LogP contribution in [0.2, 0.25) is 0 Å². The van der Waals surface area contributed by atoms with Gasteiger partial charge in [0.05, 0.1) is 19.8 Å². The van der Waals surface area contributed by atoms with Gasteiger partial charge in [0.2, 0.25) is 0 Å². The minimum absolute atomic E-state index is 0.0101. The van der Waals surface area contributed by atoms with Crippen LogP contribution in [0.4, 0.5) is 0 Å². The summed E-state index contributed by atoms with van der Waals surface area (Å²) in [5.41, 5.74) is 1.15. The highest BCUT2D eigenvalue weighted by Crippen LogP contribution is 2.47. The van der Waals surface area contributed by atoms with Gasteiger partial charge in [-0.1, -0.05) is 37.3 Å². The zero-order valence-corrected chi connectivity index (χ0v) is 13.7. The molecule has 0 aliphatic carbocycles. The minimum atomic E-state index is -2.96. The van der Waals surface area contributed by atoms with Crippen LogP contribution in [0.5, 0.6) is 0 Å². The summed E-state index contributed by atoms with van der Waals surface area (Å²) < 4.78 is 33.0. The molecule has 0 spiro atoms. The third-order valence-electron chi connectivity index (χ3n) is 2.73. The summed E-state index contributed by atoms with van der Waals surface area (Å²) in [5.74, 6) is 0. The van der Waals surface area contributed by atoms with Crippen molar-refractivity contribution in [1.29, 1.82) is 0 Å². The fraction of sp³-hybridized carbons (Fsp3) is 0.600. The minimum Gasteiger partial charge on any atom is -0.377 e. The molecule has 0 saturated carbocycles. The second-order valence-electron chi connectivity index (χ2n) is 4.39. The standard InChI is InChI=1S/C15H25O5P/c1-3-19-21(16,4-2)20-14-18-12-8-11-17-13-15-9-6-5-7-10-15/h5-7,9-10H,3-4,8,11-14H2,1-2H3. The molecule has 0 heterocycles. The molecule has 1 unspecified atom stereocenters. The van der Waals surface area contributed by atoms with E-state index in [-0.39, 0.29) is 6.79 Å². The van der Waals surface area contributed by atoms with Crippen LogP contribution in [0.3, 0.4) is 0 Å². The van der Waals surface area contributed by atoms with Gasteiger partial charge in [-0.15, -0.1) is 0 Å². The van der Waals surface area contributed by atoms with Crippen molar-refractivity contribution >= 4 is 7.60 Å². The fourth-order valence-corrected chi connectivity index (χ4v) is 2.69. The van der Waals surface area contributed by atoms with Gasteiger partial charge >= 0.3 is 7.60 Å². The highest BCUT2D eigenvalue weighted by Gasteiger charge is 2.20. The zero-order chi connectivity index (χ0) is 15.4. The molecule has 6 heteroatoms. The predicted octanol–water partition coefficient (Wildman–Crippen LogP) is 3.83. The van der Waals surface area contributed by atoms with Gasteiger partial charge in [-0.25, -0.2) is 0 Å². The Balaban J connectivity index is 1.98. The third-order valence-corrected chi connectivity index (χ3v) is 4.66. The number of hydrogen-bond acceptors (Lipinski definition) is 5. The maximum atomic E-state index is 11.9. The van der Waals surface area contributed by atoms with E-state index in [4.69, 9.17) is 18.5 Å². The molecule has 1 aromatic rings. The Morgan fingerprint density at radius 1 is 1.00 bits per heavy atom. The van der Waals surface area contributed by atoms with Crippen molar-refractivity contribution in [2.24, 2.45) is 0 Å². The second-order valence-corrected chi connectivity index (χ2v) is 6.76. The van der Waals surface area contributed by atoms with E-state index in [2.05, 4.69) is 0 Å². The normalized spacial score (nSPS) is 14.0. The monoisotopic (exact) mass is 316 g/mol. The molecule has 5 nitrogen and oxygen atoms in total. The van der Waals surface area contributed by atoms with E-state index < -0.39 is 7.60 Å². The van der Waals surface area contributed by atoms with Crippen molar-refractivity contribution in [3.05, 3.63) is 35.9 Å². The van der Waals surface area contributed by atoms with Gasteiger partial charge in [0.1, 0.15) is 0 Å². The topological polar surface area (TPSA) is 54.0 Å². The molecule has 1 rings (SSSR count). The van der Waals surface area contributed by atoms with E-state index in [0.29, 0.717) is 32.6 Å². The summed E-state index contributed by atoms with van der Waals surface area (Å²) in [4.78, 5) is 0. The zero-order valence-electron chi connectivity index (χ0n) is 12.8. The predicted molar refractivity (Wildman–Crippen MR) is 82.4 cm³/mol. The first-order chi connectivity index (χ1) is 10.2. The van der Waals surface area contributed by atoms with Crippen LogP contribution in [0.25, 0.3) is 0 Å². The molecule has 0 radical (unpaired) electrons. The largest absolute Gasteiger partial charge is 0.377 e. The van der Waals surface area contributed by atoms with Crippen molar-refractivity contribution in [2.45, 2.75) is 26.9 Å². The summed E-state index contributed by atoms with van der Waals surface area (Å²) in [6, 6.07) is 10.0. The molecule has 0 N–H and O–H groups in total. The van der Waals surface area contributed by atoms with Gasteiger partial charge in [-0.3, -0.25) is 9.09 Å². The Labute approximate surface area is 127 Å². The molecule has 0 bridgehead atoms. The number of benzene rings is 1. The van der Waals surface area contributed by atoms with E-state index in [0.717, 1.165) is 12.0 Å². The van der Waals surface area contributed by atoms with Gasteiger partial charge in [0, 0.05) is 12.8 Å². The molecule has 120 valence electrons. The molecule has 0 aliphatic heterocycles. The van der Waals surface area contributed by atoms with E-state index in [9.17, 15) is 4.57 Å². The first-order valence-corrected chi connectivity index (χ1v) is 9.00.